The van der Waals surface area contributed by atoms with Gasteiger partial charge in [0.15, 0.2) is 0 Å². The second-order valence-corrected chi connectivity index (χ2v) is 4.21. The van der Waals surface area contributed by atoms with Crippen LogP contribution in [0.2, 0.25) is 0 Å². The minimum absolute atomic E-state index is 0.0629. The molecule has 2 N–H and O–H groups in total. The van der Waals surface area contributed by atoms with Crippen LogP contribution in [0, 0.1) is 6.92 Å². The Labute approximate surface area is 92.6 Å². The molecule has 1 aromatic rings. The van der Waals surface area contributed by atoms with Crippen LogP contribution in [0.25, 0.3) is 0 Å². The maximum atomic E-state index is 13.4. The third kappa shape index (κ3) is 1.46. The molecule has 88 valence electrons. The highest BCUT2D eigenvalue weighted by Crippen LogP contribution is 2.61. The van der Waals surface area contributed by atoms with E-state index in [0.717, 1.165) is 0 Å². The van der Waals surface area contributed by atoms with E-state index in [9.17, 15) is 8.78 Å². The van der Waals surface area contributed by atoms with Gasteiger partial charge < -0.3 is 10.5 Å². The topological polar surface area (TPSA) is 48.1 Å². The molecule has 1 aliphatic rings. The molecule has 0 aromatic carbocycles. The van der Waals surface area contributed by atoms with Crippen molar-refractivity contribution in [3.05, 3.63) is 23.4 Å². The molecular weight excluding hydrogens is 214 g/mol. The molecule has 16 heavy (non-hydrogen) atoms. The third-order valence-corrected chi connectivity index (χ3v) is 3.14. The molecule has 3 nitrogen and oxygen atoms in total. The van der Waals surface area contributed by atoms with Crippen molar-refractivity contribution < 1.29 is 13.5 Å². The molecule has 0 spiro atoms. The Kier molecular flexibility index (Phi) is 2.38. The van der Waals surface area contributed by atoms with Crippen LogP contribution in [0.3, 0.4) is 0 Å². The molecular formula is C11H14F2N2O. The second-order valence-electron chi connectivity index (χ2n) is 4.21. The summed E-state index contributed by atoms with van der Waals surface area (Å²) < 4.78 is 31.7. The van der Waals surface area contributed by atoms with E-state index in [1.54, 1.807) is 19.1 Å². The summed E-state index contributed by atoms with van der Waals surface area (Å²) in [6.07, 6.45) is -0.191. The highest BCUT2D eigenvalue weighted by atomic mass is 19.3. The Bertz CT molecular complexity index is 422. The molecule has 1 heterocycles. The lowest BCUT2D eigenvalue weighted by molar-refractivity contribution is 0.0895. The van der Waals surface area contributed by atoms with Crippen molar-refractivity contribution >= 4 is 0 Å². The van der Waals surface area contributed by atoms with E-state index in [1.165, 1.54) is 7.11 Å². The number of hydrogen-bond acceptors (Lipinski definition) is 3. The fourth-order valence-corrected chi connectivity index (χ4v) is 2.01. The van der Waals surface area contributed by atoms with Crippen LogP contribution in [0.1, 0.15) is 17.7 Å². The van der Waals surface area contributed by atoms with Crippen LogP contribution >= 0.6 is 0 Å². The van der Waals surface area contributed by atoms with Crippen molar-refractivity contribution in [1.29, 1.82) is 0 Å². The molecule has 1 fully saturated rings. The van der Waals surface area contributed by atoms with Gasteiger partial charge in [-0.15, -0.1) is 0 Å². The molecule has 0 amide bonds. The number of ether oxygens (including phenoxy) is 1. The molecule has 0 radical (unpaired) electrons. The normalized spacial score (nSPS) is 26.6. The van der Waals surface area contributed by atoms with E-state index in [-0.39, 0.29) is 13.0 Å². The van der Waals surface area contributed by atoms with Gasteiger partial charge in [0.1, 0.15) is 0 Å². The summed E-state index contributed by atoms with van der Waals surface area (Å²) in [7, 11) is 1.46. The van der Waals surface area contributed by atoms with Gasteiger partial charge in [0.05, 0.1) is 12.5 Å². The van der Waals surface area contributed by atoms with E-state index < -0.39 is 11.3 Å². The Morgan fingerprint density at radius 2 is 2.12 bits per heavy atom. The van der Waals surface area contributed by atoms with Gasteiger partial charge in [0.25, 0.3) is 5.92 Å². The first kappa shape index (κ1) is 11.3. The number of nitrogens with zero attached hydrogens (tertiary/aromatic N) is 1. The molecule has 1 saturated carbocycles. The van der Waals surface area contributed by atoms with E-state index in [2.05, 4.69) is 4.98 Å². The van der Waals surface area contributed by atoms with Gasteiger partial charge in [-0.1, -0.05) is 0 Å². The number of hydrogen-bond donors (Lipinski definition) is 1. The molecule has 5 heteroatoms. The predicted molar refractivity (Wildman–Crippen MR) is 55.8 cm³/mol. The summed E-state index contributed by atoms with van der Waals surface area (Å²) in [5.74, 6) is -2.36. The minimum Gasteiger partial charge on any atom is -0.481 e. The van der Waals surface area contributed by atoms with Gasteiger partial charge in [-0.25, -0.2) is 13.8 Å². The Balaban J connectivity index is 2.45. The molecule has 0 aliphatic heterocycles. The Hall–Kier alpha value is -1.23. The van der Waals surface area contributed by atoms with E-state index in [0.29, 0.717) is 17.1 Å². The molecule has 1 atom stereocenters. The number of aromatic nitrogens is 1. The van der Waals surface area contributed by atoms with Crippen LogP contribution in [0.4, 0.5) is 8.78 Å². The summed E-state index contributed by atoms with van der Waals surface area (Å²) >= 11 is 0. The van der Waals surface area contributed by atoms with E-state index in [1.807, 2.05) is 0 Å². The number of rotatable bonds is 3. The van der Waals surface area contributed by atoms with Crippen molar-refractivity contribution in [2.45, 2.75) is 24.7 Å². The van der Waals surface area contributed by atoms with E-state index in [4.69, 9.17) is 10.5 Å². The minimum atomic E-state index is -2.71. The van der Waals surface area contributed by atoms with Crippen LogP contribution in [0.5, 0.6) is 5.88 Å². The maximum Gasteiger partial charge on any atom is 0.260 e. The van der Waals surface area contributed by atoms with Crippen molar-refractivity contribution in [3.63, 3.8) is 0 Å². The van der Waals surface area contributed by atoms with Crippen molar-refractivity contribution in [3.8, 4) is 5.88 Å². The van der Waals surface area contributed by atoms with Crippen LogP contribution in [-0.2, 0) is 5.41 Å². The van der Waals surface area contributed by atoms with Crippen molar-refractivity contribution in [1.82, 2.24) is 4.98 Å². The van der Waals surface area contributed by atoms with Crippen LogP contribution in [-0.4, -0.2) is 24.6 Å². The average Bonchev–Trinajstić information content (AvgIpc) is 2.81. The number of aryl methyl sites for hydroxylation is 1. The highest BCUT2D eigenvalue weighted by Gasteiger charge is 2.71. The Morgan fingerprint density at radius 3 is 2.56 bits per heavy atom. The fraction of sp³-hybridized carbons (Fsp3) is 0.545. The monoisotopic (exact) mass is 228 g/mol. The summed E-state index contributed by atoms with van der Waals surface area (Å²) in [5, 5.41) is 0. The summed E-state index contributed by atoms with van der Waals surface area (Å²) in [6.45, 7) is 1.68. The number of pyridine rings is 1. The van der Waals surface area contributed by atoms with Gasteiger partial charge >= 0.3 is 0 Å². The van der Waals surface area contributed by atoms with Gasteiger partial charge in [-0.3, -0.25) is 0 Å². The first-order valence-electron chi connectivity index (χ1n) is 5.06. The molecule has 2 rings (SSSR count). The highest BCUT2D eigenvalue weighted by molar-refractivity contribution is 5.41. The Morgan fingerprint density at radius 1 is 1.50 bits per heavy atom. The average molecular weight is 228 g/mol. The van der Waals surface area contributed by atoms with E-state index >= 15 is 0 Å². The lowest BCUT2D eigenvalue weighted by atomic mass is 9.95. The molecule has 0 bridgehead atoms. The zero-order chi connectivity index (χ0) is 12.0. The maximum absolute atomic E-state index is 13.4. The van der Waals surface area contributed by atoms with Gasteiger partial charge in [-0.2, -0.15) is 0 Å². The summed E-state index contributed by atoms with van der Waals surface area (Å²) in [5.41, 5.74) is 5.44. The lowest BCUT2D eigenvalue weighted by Crippen LogP contribution is -2.27. The number of nitrogens with two attached hydrogens (primary N) is 1. The molecule has 1 unspecified atom stereocenters. The van der Waals surface area contributed by atoms with Gasteiger partial charge in [0, 0.05) is 24.7 Å². The first-order chi connectivity index (χ1) is 7.45. The van der Waals surface area contributed by atoms with Gasteiger partial charge in [-0.05, 0) is 18.6 Å². The number of methoxy groups -OCH3 is 1. The summed E-state index contributed by atoms with van der Waals surface area (Å²) in [6, 6.07) is 3.19. The molecule has 1 aromatic heterocycles. The van der Waals surface area contributed by atoms with Gasteiger partial charge in [0.2, 0.25) is 5.88 Å². The summed E-state index contributed by atoms with van der Waals surface area (Å²) in [4.78, 5) is 4.07. The standard InChI is InChI=1S/C11H14F2N2O/c1-7-3-8(4-9(15-7)16-2)10(6-14)5-11(10,12)13/h3-4H,5-6,14H2,1-2H3. The SMILES string of the molecule is COc1cc(C2(CN)CC2(F)F)cc(C)n1. The molecule has 0 saturated heterocycles. The zero-order valence-electron chi connectivity index (χ0n) is 9.26. The quantitative estimate of drug-likeness (QED) is 0.855. The van der Waals surface area contributed by atoms with Crippen LogP contribution < -0.4 is 10.5 Å². The fourth-order valence-electron chi connectivity index (χ4n) is 2.01. The zero-order valence-corrected chi connectivity index (χ0v) is 9.26. The van der Waals surface area contributed by atoms with Crippen LogP contribution in [0.15, 0.2) is 12.1 Å². The number of halogens is 2. The second kappa shape index (κ2) is 3.38. The van der Waals surface area contributed by atoms with Crippen molar-refractivity contribution in [2.75, 3.05) is 13.7 Å². The molecule has 1 aliphatic carbocycles. The predicted octanol–water partition coefficient (Wildman–Crippen LogP) is 1.63. The van der Waals surface area contributed by atoms with Crippen molar-refractivity contribution in [2.24, 2.45) is 5.73 Å². The number of alkyl halides is 2. The smallest absolute Gasteiger partial charge is 0.260 e. The largest absolute Gasteiger partial charge is 0.481 e. The third-order valence-electron chi connectivity index (χ3n) is 3.14. The first-order valence-corrected chi connectivity index (χ1v) is 5.06. The lowest BCUT2D eigenvalue weighted by Gasteiger charge is -2.15.